The number of benzene rings is 1. The quantitative estimate of drug-likeness (QED) is 0.785. The van der Waals surface area contributed by atoms with Crippen molar-refractivity contribution in [2.45, 2.75) is 34.1 Å². The first-order valence-corrected chi connectivity index (χ1v) is 8.95. The molecule has 0 bridgehead atoms. The van der Waals surface area contributed by atoms with E-state index in [2.05, 4.69) is 49.3 Å². The van der Waals surface area contributed by atoms with E-state index in [0.717, 1.165) is 35.7 Å². The van der Waals surface area contributed by atoms with Crippen LogP contribution in [0.25, 0.3) is 5.69 Å². The van der Waals surface area contributed by atoms with E-state index in [9.17, 15) is 4.79 Å². The van der Waals surface area contributed by atoms with E-state index in [1.165, 1.54) is 6.42 Å². The molecule has 3 nitrogen and oxygen atoms in total. The molecule has 3 heteroatoms. The van der Waals surface area contributed by atoms with Crippen LogP contribution in [0.15, 0.2) is 36.4 Å². The van der Waals surface area contributed by atoms with E-state index in [-0.39, 0.29) is 5.78 Å². The van der Waals surface area contributed by atoms with Crippen molar-refractivity contribution in [1.82, 2.24) is 9.47 Å². The number of Topliss-reactive ketones (excluding diaryl/α,β-unsaturated/α-hetero) is 1. The Morgan fingerprint density at radius 3 is 2.33 bits per heavy atom. The number of carbonyl (C=O) groups is 1. The average Bonchev–Trinajstić information content (AvgIpc) is 2.82. The Kier molecular flexibility index (Phi) is 4.91. The number of likely N-dealkylation sites (tertiary alicyclic amines) is 1. The molecule has 0 aliphatic carbocycles. The first-order chi connectivity index (χ1) is 11.5. The second-order valence-electron chi connectivity index (χ2n) is 7.52. The van der Waals surface area contributed by atoms with Gasteiger partial charge in [-0.25, -0.2) is 0 Å². The van der Waals surface area contributed by atoms with Crippen LogP contribution in [-0.4, -0.2) is 34.9 Å². The van der Waals surface area contributed by atoms with E-state index in [0.29, 0.717) is 18.4 Å². The summed E-state index contributed by atoms with van der Waals surface area (Å²) in [5.41, 5.74) is 4.14. The van der Waals surface area contributed by atoms with E-state index >= 15 is 0 Å². The third kappa shape index (κ3) is 3.46. The summed E-state index contributed by atoms with van der Waals surface area (Å²) in [4.78, 5) is 15.2. The van der Waals surface area contributed by atoms with Crippen molar-refractivity contribution in [3.05, 3.63) is 53.3 Å². The molecule has 3 rings (SSSR count). The first kappa shape index (κ1) is 17.0. The lowest BCUT2D eigenvalue weighted by Crippen LogP contribution is -2.41. The monoisotopic (exact) mass is 324 g/mol. The van der Waals surface area contributed by atoms with Crippen LogP contribution in [0.4, 0.5) is 0 Å². The predicted molar refractivity (Wildman–Crippen MR) is 99.0 cm³/mol. The summed E-state index contributed by atoms with van der Waals surface area (Å²) >= 11 is 0. The van der Waals surface area contributed by atoms with Crippen molar-refractivity contribution in [1.29, 1.82) is 0 Å². The summed E-state index contributed by atoms with van der Waals surface area (Å²) in [6.45, 7) is 11.3. The molecule has 128 valence electrons. The second-order valence-corrected chi connectivity index (χ2v) is 7.52. The smallest absolute Gasteiger partial charge is 0.178 e. The van der Waals surface area contributed by atoms with Gasteiger partial charge in [0.2, 0.25) is 0 Å². The number of nitrogens with zero attached hydrogens (tertiary/aromatic N) is 2. The summed E-state index contributed by atoms with van der Waals surface area (Å²) in [5, 5.41) is 0. The Hall–Kier alpha value is -1.87. The third-order valence-electron chi connectivity index (χ3n) is 5.06. The third-order valence-corrected chi connectivity index (χ3v) is 5.06. The molecular weight excluding hydrogens is 296 g/mol. The topological polar surface area (TPSA) is 25.2 Å². The number of aromatic nitrogens is 1. The maximum Gasteiger partial charge on any atom is 0.178 e. The number of aryl methyl sites for hydroxylation is 1. The fourth-order valence-electron chi connectivity index (χ4n) is 4.23. The molecule has 0 spiro atoms. The number of para-hydroxylation sites is 1. The van der Waals surface area contributed by atoms with E-state index in [1.54, 1.807) is 0 Å². The molecule has 1 aromatic carbocycles. The highest BCUT2D eigenvalue weighted by Crippen LogP contribution is 2.24. The second kappa shape index (κ2) is 6.94. The van der Waals surface area contributed by atoms with Crippen LogP contribution >= 0.6 is 0 Å². The van der Waals surface area contributed by atoms with E-state index < -0.39 is 0 Å². The zero-order valence-corrected chi connectivity index (χ0v) is 15.2. The van der Waals surface area contributed by atoms with Crippen LogP contribution in [0.1, 0.15) is 42.0 Å². The van der Waals surface area contributed by atoms with Crippen LogP contribution in [0, 0.1) is 25.7 Å². The Morgan fingerprint density at radius 1 is 1.08 bits per heavy atom. The van der Waals surface area contributed by atoms with Gasteiger partial charge < -0.3 is 4.57 Å². The molecule has 24 heavy (non-hydrogen) atoms. The van der Waals surface area contributed by atoms with Crippen molar-refractivity contribution in [3.8, 4) is 5.69 Å². The predicted octanol–water partition coefficient (Wildman–Crippen LogP) is 4.25. The summed E-state index contributed by atoms with van der Waals surface area (Å²) in [6.07, 6.45) is 1.27. The molecular formula is C21H28N2O. The summed E-state index contributed by atoms with van der Waals surface area (Å²) in [7, 11) is 0. The van der Waals surface area contributed by atoms with Gasteiger partial charge in [0.25, 0.3) is 0 Å². The molecule has 0 N–H and O–H groups in total. The van der Waals surface area contributed by atoms with Crippen molar-refractivity contribution >= 4 is 5.78 Å². The number of hydrogen-bond donors (Lipinski definition) is 0. The molecule has 2 aromatic rings. The van der Waals surface area contributed by atoms with E-state index in [1.807, 2.05) is 24.3 Å². The lowest BCUT2D eigenvalue weighted by molar-refractivity contribution is 0.0849. The molecule has 1 aromatic heterocycles. The van der Waals surface area contributed by atoms with Crippen molar-refractivity contribution < 1.29 is 4.79 Å². The van der Waals surface area contributed by atoms with Crippen molar-refractivity contribution in [3.63, 3.8) is 0 Å². The van der Waals surface area contributed by atoms with Crippen molar-refractivity contribution in [2.75, 3.05) is 19.6 Å². The molecule has 0 amide bonds. The molecule has 1 fully saturated rings. The summed E-state index contributed by atoms with van der Waals surface area (Å²) < 4.78 is 2.18. The normalized spacial score (nSPS) is 21.8. The highest BCUT2D eigenvalue weighted by molar-refractivity contribution is 5.99. The van der Waals surface area contributed by atoms with Gasteiger partial charge in [-0.05, 0) is 50.3 Å². The number of ketones is 1. The number of piperidine rings is 1. The van der Waals surface area contributed by atoms with Gasteiger partial charge in [-0.1, -0.05) is 32.0 Å². The van der Waals surface area contributed by atoms with Crippen LogP contribution in [0.3, 0.4) is 0 Å². The van der Waals surface area contributed by atoms with Crippen LogP contribution in [0.2, 0.25) is 0 Å². The van der Waals surface area contributed by atoms with Crippen LogP contribution in [-0.2, 0) is 0 Å². The highest BCUT2D eigenvalue weighted by Gasteiger charge is 2.25. The van der Waals surface area contributed by atoms with E-state index in [4.69, 9.17) is 0 Å². The van der Waals surface area contributed by atoms with Gasteiger partial charge in [0, 0.05) is 35.7 Å². The van der Waals surface area contributed by atoms with Crippen LogP contribution in [0.5, 0.6) is 0 Å². The average molecular weight is 324 g/mol. The molecule has 2 unspecified atom stereocenters. The minimum absolute atomic E-state index is 0.242. The Labute approximate surface area is 145 Å². The number of rotatable bonds is 4. The molecule has 0 radical (unpaired) electrons. The Bertz CT molecular complexity index is 707. The standard InChI is InChI=1S/C21H28N2O/c1-15-10-16(2)13-22(12-15)14-21(24)20-11-17(3)23(18(20)4)19-8-6-5-7-9-19/h5-9,11,15-16H,10,12-14H2,1-4H3. The SMILES string of the molecule is Cc1cc(C(=O)CN2CC(C)CC(C)C2)c(C)n1-c1ccccc1. The molecule has 2 heterocycles. The summed E-state index contributed by atoms with van der Waals surface area (Å²) in [5.74, 6) is 1.60. The maximum atomic E-state index is 12.9. The minimum Gasteiger partial charge on any atom is -0.318 e. The number of carbonyl (C=O) groups excluding carboxylic acids is 1. The molecule has 2 atom stereocenters. The van der Waals surface area contributed by atoms with Crippen LogP contribution < -0.4 is 0 Å². The van der Waals surface area contributed by atoms with Crippen molar-refractivity contribution in [2.24, 2.45) is 11.8 Å². The molecule has 1 aliphatic heterocycles. The van der Waals surface area contributed by atoms with Gasteiger partial charge in [-0.15, -0.1) is 0 Å². The minimum atomic E-state index is 0.242. The van der Waals surface area contributed by atoms with Gasteiger partial charge in [-0.2, -0.15) is 0 Å². The zero-order valence-electron chi connectivity index (χ0n) is 15.2. The number of hydrogen-bond acceptors (Lipinski definition) is 2. The van der Waals surface area contributed by atoms with Gasteiger partial charge in [-0.3, -0.25) is 9.69 Å². The zero-order chi connectivity index (χ0) is 17.3. The lowest BCUT2D eigenvalue weighted by Gasteiger charge is -2.34. The molecule has 1 aliphatic rings. The molecule has 1 saturated heterocycles. The fraction of sp³-hybridized carbons (Fsp3) is 0.476. The fourth-order valence-corrected chi connectivity index (χ4v) is 4.23. The maximum absolute atomic E-state index is 12.9. The van der Waals surface area contributed by atoms with Gasteiger partial charge in [0.05, 0.1) is 6.54 Å². The van der Waals surface area contributed by atoms with Gasteiger partial charge in [0.1, 0.15) is 0 Å². The summed E-state index contributed by atoms with van der Waals surface area (Å²) in [6, 6.07) is 12.3. The Balaban J connectivity index is 1.81. The molecule has 0 saturated carbocycles. The van der Waals surface area contributed by atoms with Gasteiger partial charge in [0.15, 0.2) is 5.78 Å². The Morgan fingerprint density at radius 2 is 1.71 bits per heavy atom. The first-order valence-electron chi connectivity index (χ1n) is 8.95. The largest absolute Gasteiger partial charge is 0.318 e. The van der Waals surface area contributed by atoms with Gasteiger partial charge >= 0.3 is 0 Å². The highest BCUT2D eigenvalue weighted by atomic mass is 16.1. The lowest BCUT2D eigenvalue weighted by atomic mass is 9.91.